The van der Waals surface area contributed by atoms with E-state index in [0.29, 0.717) is 5.76 Å². The second kappa shape index (κ2) is 7.13. The van der Waals surface area contributed by atoms with Crippen molar-refractivity contribution in [2.24, 2.45) is 5.11 Å². The van der Waals surface area contributed by atoms with Crippen LogP contribution in [0.1, 0.15) is 18.7 Å². The van der Waals surface area contributed by atoms with Crippen LogP contribution < -0.4 is 0 Å². The van der Waals surface area contributed by atoms with Gasteiger partial charge in [-0.25, -0.2) is 4.79 Å². The molecular weight excluding hydrogens is 278 g/mol. The van der Waals surface area contributed by atoms with Crippen molar-refractivity contribution in [3.8, 4) is 0 Å². The second-order valence-corrected chi connectivity index (χ2v) is 9.53. The normalized spacial score (nSPS) is 14.2. The summed E-state index contributed by atoms with van der Waals surface area (Å²) in [6.45, 7) is 7.75. The summed E-state index contributed by atoms with van der Waals surface area (Å²) in [7, 11) is -2.04. The number of hydrogen-bond acceptors (Lipinski definition) is 5. The summed E-state index contributed by atoms with van der Waals surface area (Å²) >= 11 is 0. The molecule has 0 aromatic carbocycles. The molecule has 0 radical (unpaired) electrons. The van der Waals surface area contributed by atoms with Gasteiger partial charge in [-0.05, 0) is 44.2 Å². The summed E-state index contributed by atoms with van der Waals surface area (Å²) in [5.41, 5.74) is 8.71. The molecule has 7 nitrogen and oxygen atoms in total. The van der Waals surface area contributed by atoms with E-state index in [2.05, 4.69) is 10.0 Å². The molecule has 0 aliphatic carbocycles. The highest BCUT2D eigenvalue weighted by Crippen LogP contribution is 2.27. The topological polar surface area (TPSA) is 97.4 Å². The van der Waals surface area contributed by atoms with Crippen LogP contribution in [0.15, 0.2) is 27.9 Å². The Morgan fingerprint density at radius 2 is 2.25 bits per heavy atom. The molecule has 8 heteroatoms. The third-order valence-corrected chi connectivity index (χ3v) is 3.26. The Labute approximate surface area is 118 Å². The fourth-order valence-corrected chi connectivity index (χ4v) is 2.62. The second-order valence-electron chi connectivity index (χ2n) is 5.07. The van der Waals surface area contributed by atoms with E-state index in [4.69, 9.17) is 19.1 Å². The smallest absolute Gasteiger partial charge is 0.334 e. The van der Waals surface area contributed by atoms with Crippen LogP contribution in [0.4, 0.5) is 0 Å². The molecule has 0 saturated carbocycles. The van der Waals surface area contributed by atoms with Gasteiger partial charge in [0, 0.05) is 4.91 Å². The number of azide groups is 1. The molecule has 0 spiro atoms. The van der Waals surface area contributed by atoms with E-state index in [-0.39, 0.29) is 6.61 Å². The first-order valence-corrected chi connectivity index (χ1v) is 9.72. The molecule has 0 unspecified atom stereocenters. The minimum Gasteiger partial charge on any atom is -0.469 e. The zero-order valence-electron chi connectivity index (χ0n) is 12.1. The van der Waals surface area contributed by atoms with E-state index < -0.39 is 26.4 Å². The molecular formula is C12H19N3O4Si. The molecule has 0 aliphatic heterocycles. The van der Waals surface area contributed by atoms with Crippen molar-refractivity contribution in [2.45, 2.75) is 38.7 Å². The average Bonchev–Trinajstić information content (AvgIpc) is 2.86. The van der Waals surface area contributed by atoms with Gasteiger partial charge < -0.3 is 13.6 Å². The Balaban J connectivity index is 3.10. The van der Waals surface area contributed by atoms with Crippen LogP contribution in [-0.4, -0.2) is 27.0 Å². The molecule has 1 aromatic rings. The van der Waals surface area contributed by atoms with Crippen molar-refractivity contribution in [1.82, 2.24) is 0 Å². The first-order valence-electron chi connectivity index (χ1n) is 6.31. The first-order chi connectivity index (χ1) is 9.39. The highest BCUT2D eigenvalue weighted by Gasteiger charge is 2.36. The largest absolute Gasteiger partial charge is 0.469 e. The molecule has 1 rings (SSSR count). The minimum atomic E-state index is -2.04. The van der Waals surface area contributed by atoms with Crippen molar-refractivity contribution in [3.63, 3.8) is 0 Å². The molecule has 0 N–H and O–H groups in total. The first kappa shape index (κ1) is 16.3. The van der Waals surface area contributed by atoms with Gasteiger partial charge in [-0.3, -0.25) is 0 Å². The van der Waals surface area contributed by atoms with Crippen LogP contribution in [0, 0.1) is 0 Å². The lowest BCUT2D eigenvalue weighted by Gasteiger charge is -2.27. The van der Waals surface area contributed by atoms with Crippen molar-refractivity contribution in [3.05, 3.63) is 34.6 Å². The van der Waals surface area contributed by atoms with E-state index in [1.807, 2.05) is 19.6 Å². The van der Waals surface area contributed by atoms with Crippen molar-refractivity contribution in [1.29, 1.82) is 0 Å². The molecule has 0 fully saturated rings. The van der Waals surface area contributed by atoms with E-state index in [0.717, 1.165) is 0 Å². The predicted molar refractivity (Wildman–Crippen MR) is 75.4 cm³/mol. The Morgan fingerprint density at radius 3 is 2.70 bits per heavy atom. The Hall–Kier alpha value is -1.76. The van der Waals surface area contributed by atoms with Crippen LogP contribution in [0.2, 0.25) is 19.6 Å². The van der Waals surface area contributed by atoms with E-state index in [1.165, 1.54) is 6.26 Å². The lowest BCUT2D eigenvalue weighted by atomic mass is 10.1. The highest BCUT2D eigenvalue weighted by atomic mass is 28.4. The number of furan rings is 1. The summed E-state index contributed by atoms with van der Waals surface area (Å²) in [4.78, 5) is 14.9. The summed E-state index contributed by atoms with van der Waals surface area (Å²) in [6, 6.07) is 2.42. The summed E-state index contributed by atoms with van der Waals surface area (Å²) in [5.74, 6) is -0.178. The standard InChI is InChI=1S/C12H19N3O4Si/c1-5-17-12(16)11(19-20(2,3)4)10(14-15-13)9-7-6-8-18-9/h6-8,10-11H,5H2,1-4H3/t10-,11+/m1/s1. The van der Waals surface area contributed by atoms with Crippen LogP contribution in [0.25, 0.3) is 10.4 Å². The number of carbonyl (C=O) groups excluding carboxylic acids is 1. The van der Waals surface area contributed by atoms with E-state index >= 15 is 0 Å². The van der Waals surface area contributed by atoms with Gasteiger partial charge in [-0.1, -0.05) is 5.11 Å². The van der Waals surface area contributed by atoms with Gasteiger partial charge in [0.1, 0.15) is 11.8 Å². The number of nitrogens with zero attached hydrogens (tertiary/aromatic N) is 3. The molecule has 0 aliphatic rings. The molecule has 0 saturated heterocycles. The van der Waals surface area contributed by atoms with Gasteiger partial charge >= 0.3 is 5.97 Å². The number of hydrogen-bond donors (Lipinski definition) is 0. The molecule has 1 aromatic heterocycles. The van der Waals surface area contributed by atoms with E-state index in [1.54, 1.807) is 19.1 Å². The number of ether oxygens (including phenoxy) is 1. The van der Waals surface area contributed by atoms with Crippen LogP contribution >= 0.6 is 0 Å². The molecule has 110 valence electrons. The minimum absolute atomic E-state index is 0.228. The molecule has 2 atom stereocenters. The van der Waals surface area contributed by atoms with Gasteiger partial charge in [-0.15, -0.1) is 0 Å². The van der Waals surface area contributed by atoms with Gasteiger partial charge in [0.15, 0.2) is 14.4 Å². The molecule has 20 heavy (non-hydrogen) atoms. The molecule has 0 amide bonds. The fourth-order valence-electron chi connectivity index (χ4n) is 1.63. The zero-order valence-corrected chi connectivity index (χ0v) is 13.1. The Morgan fingerprint density at radius 1 is 1.55 bits per heavy atom. The Bertz CT molecular complexity index is 477. The monoisotopic (exact) mass is 297 g/mol. The van der Waals surface area contributed by atoms with Crippen LogP contribution in [0.5, 0.6) is 0 Å². The summed E-state index contributed by atoms with van der Waals surface area (Å²) < 4.78 is 16.1. The van der Waals surface area contributed by atoms with Gasteiger partial charge in [0.25, 0.3) is 0 Å². The van der Waals surface area contributed by atoms with E-state index in [9.17, 15) is 4.79 Å². The number of carbonyl (C=O) groups is 1. The lowest BCUT2D eigenvalue weighted by Crippen LogP contribution is -2.40. The quantitative estimate of drug-likeness (QED) is 0.253. The average molecular weight is 297 g/mol. The van der Waals surface area contributed by atoms with Crippen molar-refractivity contribution >= 4 is 14.3 Å². The fraction of sp³-hybridized carbons (Fsp3) is 0.583. The SMILES string of the molecule is CCOC(=O)[C@@H](O[Si](C)(C)C)[C@H](N=[N+]=[N-])c1ccco1. The van der Waals surface area contributed by atoms with Crippen molar-refractivity contribution in [2.75, 3.05) is 6.61 Å². The van der Waals surface area contributed by atoms with Gasteiger partial charge in [0.2, 0.25) is 0 Å². The number of rotatable bonds is 7. The van der Waals surface area contributed by atoms with Crippen LogP contribution in [0.3, 0.4) is 0 Å². The number of esters is 1. The maximum Gasteiger partial charge on any atom is 0.334 e. The Kier molecular flexibility index (Phi) is 5.81. The summed E-state index contributed by atoms with van der Waals surface area (Å²) in [5, 5.41) is 3.64. The lowest BCUT2D eigenvalue weighted by molar-refractivity contribution is -0.153. The molecule has 1 heterocycles. The third kappa shape index (κ3) is 4.73. The maximum atomic E-state index is 12.1. The van der Waals surface area contributed by atoms with Crippen LogP contribution in [-0.2, 0) is 14.0 Å². The highest BCUT2D eigenvalue weighted by molar-refractivity contribution is 6.69. The van der Waals surface area contributed by atoms with Gasteiger partial charge in [0.05, 0.1) is 12.9 Å². The van der Waals surface area contributed by atoms with Crippen molar-refractivity contribution < 1.29 is 18.4 Å². The summed E-state index contributed by atoms with van der Waals surface area (Å²) in [6.07, 6.45) is 0.454. The zero-order chi connectivity index (χ0) is 15.2. The maximum absolute atomic E-state index is 12.1. The third-order valence-electron chi connectivity index (χ3n) is 2.30. The van der Waals surface area contributed by atoms with Gasteiger partial charge in [-0.2, -0.15) is 0 Å². The predicted octanol–water partition coefficient (Wildman–Crippen LogP) is 3.41. The molecule has 0 bridgehead atoms.